The van der Waals surface area contributed by atoms with Crippen LogP contribution in [0.4, 0.5) is 0 Å². The van der Waals surface area contributed by atoms with Gasteiger partial charge in [-0.1, -0.05) is 48.5 Å². The number of aromatic nitrogens is 1. The second-order valence-electron chi connectivity index (χ2n) is 5.79. The summed E-state index contributed by atoms with van der Waals surface area (Å²) < 4.78 is 6.63. The van der Waals surface area contributed by atoms with Crippen LogP contribution in [0.15, 0.2) is 60.8 Å². The second kappa shape index (κ2) is 6.71. The fourth-order valence-electron chi connectivity index (χ4n) is 3.13. The highest BCUT2D eigenvalue weighted by Gasteiger charge is 2.25. The third kappa shape index (κ3) is 2.95. The van der Waals surface area contributed by atoms with Crippen molar-refractivity contribution >= 4 is 22.7 Å². The first kappa shape index (κ1) is 16.0. The van der Waals surface area contributed by atoms with E-state index < -0.39 is 11.8 Å². The van der Waals surface area contributed by atoms with Crippen molar-refractivity contribution in [3.05, 3.63) is 71.9 Å². The van der Waals surface area contributed by atoms with Crippen LogP contribution in [0.2, 0.25) is 0 Å². The number of aryl methyl sites for hydroxylation is 1. The normalized spacial score (nSPS) is 12.1. The van der Waals surface area contributed by atoms with Crippen molar-refractivity contribution in [1.82, 2.24) is 4.57 Å². The van der Waals surface area contributed by atoms with Gasteiger partial charge in [0.2, 0.25) is 5.78 Å². The number of carbonyl (C=O) groups excluding carboxylic acids is 2. The van der Waals surface area contributed by atoms with Crippen molar-refractivity contribution < 1.29 is 14.3 Å². The number of nitrogens with zero attached hydrogens (tertiary/aromatic N) is 1. The SMILES string of the molecule is COC(=O)C(=O)C[C@H](c1ccccc1)c1cn(C)c2ccccc12. The number of hydrogen-bond donors (Lipinski definition) is 0. The van der Waals surface area contributed by atoms with Gasteiger partial charge in [-0.15, -0.1) is 0 Å². The molecule has 1 aromatic heterocycles. The Balaban J connectivity index is 2.10. The van der Waals surface area contributed by atoms with E-state index in [2.05, 4.69) is 4.74 Å². The smallest absolute Gasteiger partial charge is 0.374 e. The molecule has 122 valence electrons. The molecule has 0 saturated heterocycles. The molecule has 0 unspecified atom stereocenters. The Morgan fingerprint density at radius 2 is 1.71 bits per heavy atom. The van der Waals surface area contributed by atoms with Gasteiger partial charge in [0.25, 0.3) is 0 Å². The van der Waals surface area contributed by atoms with Crippen LogP contribution in [-0.4, -0.2) is 23.4 Å². The Bertz CT molecular complexity index is 880. The number of ketones is 1. The van der Waals surface area contributed by atoms with Crippen molar-refractivity contribution in [2.75, 3.05) is 7.11 Å². The number of methoxy groups -OCH3 is 1. The van der Waals surface area contributed by atoms with Gasteiger partial charge in [0, 0.05) is 36.5 Å². The molecule has 0 N–H and O–H groups in total. The maximum atomic E-state index is 12.2. The standard InChI is InChI=1S/C20H19NO3/c1-21-13-17(15-10-6-7-11-18(15)21)16(12-19(22)20(23)24-2)14-8-4-3-5-9-14/h3-11,13,16H,12H2,1-2H3/t16-/m1/s1. The van der Waals surface area contributed by atoms with E-state index in [0.717, 1.165) is 22.0 Å². The van der Waals surface area contributed by atoms with Gasteiger partial charge in [-0.3, -0.25) is 4.79 Å². The monoisotopic (exact) mass is 321 g/mol. The number of Topliss-reactive ketones (excluding diaryl/α,β-unsaturated/α-hetero) is 1. The number of carbonyl (C=O) groups is 2. The fraction of sp³-hybridized carbons (Fsp3) is 0.200. The topological polar surface area (TPSA) is 48.3 Å². The minimum atomic E-state index is -0.795. The van der Waals surface area contributed by atoms with E-state index in [0.29, 0.717) is 0 Å². The van der Waals surface area contributed by atoms with Crippen molar-refractivity contribution in [1.29, 1.82) is 0 Å². The lowest BCUT2D eigenvalue weighted by Gasteiger charge is -2.16. The van der Waals surface area contributed by atoms with E-state index >= 15 is 0 Å². The van der Waals surface area contributed by atoms with Crippen LogP contribution in [0.3, 0.4) is 0 Å². The fourth-order valence-corrected chi connectivity index (χ4v) is 3.13. The van der Waals surface area contributed by atoms with Gasteiger partial charge in [0.15, 0.2) is 0 Å². The van der Waals surface area contributed by atoms with Crippen LogP contribution in [0, 0.1) is 0 Å². The van der Waals surface area contributed by atoms with Crippen LogP contribution >= 0.6 is 0 Å². The lowest BCUT2D eigenvalue weighted by molar-refractivity contribution is -0.151. The molecule has 4 heteroatoms. The van der Waals surface area contributed by atoms with Crippen LogP contribution in [-0.2, 0) is 21.4 Å². The predicted octanol–water partition coefficient (Wildman–Crippen LogP) is 3.44. The molecule has 1 heterocycles. The van der Waals surface area contributed by atoms with Crippen LogP contribution < -0.4 is 0 Å². The quantitative estimate of drug-likeness (QED) is 0.534. The van der Waals surface area contributed by atoms with E-state index in [1.54, 1.807) is 0 Å². The van der Waals surface area contributed by atoms with E-state index in [1.807, 2.05) is 72.4 Å². The second-order valence-corrected chi connectivity index (χ2v) is 5.79. The van der Waals surface area contributed by atoms with E-state index in [1.165, 1.54) is 7.11 Å². The summed E-state index contributed by atoms with van der Waals surface area (Å²) in [5, 5.41) is 1.09. The maximum absolute atomic E-state index is 12.2. The molecule has 0 amide bonds. The maximum Gasteiger partial charge on any atom is 0.374 e. The lowest BCUT2D eigenvalue weighted by atomic mass is 9.87. The zero-order chi connectivity index (χ0) is 17.1. The average molecular weight is 321 g/mol. The highest BCUT2D eigenvalue weighted by molar-refractivity contribution is 6.33. The van der Waals surface area contributed by atoms with Gasteiger partial charge in [-0.25, -0.2) is 4.79 Å². The first-order valence-electron chi connectivity index (χ1n) is 7.82. The van der Waals surface area contributed by atoms with Crippen molar-refractivity contribution in [3.63, 3.8) is 0 Å². The summed E-state index contributed by atoms with van der Waals surface area (Å²) in [7, 11) is 3.21. The molecule has 0 bridgehead atoms. The van der Waals surface area contributed by atoms with E-state index in [-0.39, 0.29) is 12.3 Å². The van der Waals surface area contributed by atoms with E-state index in [4.69, 9.17) is 0 Å². The molecule has 3 aromatic rings. The minimum absolute atomic E-state index is 0.0880. The Hall–Kier alpha value is -2.88. The molecule has 0 saturated carbocycles. The van der Waals surface area contributed by atoms with Crippen molar-refractivity contribution in [3.8, 4) is 0 Å². The molecule has 24 heavy (non-hydrogen) atoms. The van der Waals surface area contributed by atoms with Gasteiger partial charge >= 0.3 is 5.97 Å². The molecule has 1 atom stereocenters. The average Bonchev–Trinajstić information content (AvgIpc) is 2.96. The molecule has 0 aliphatic heterocycles. The molecule has 0 aliphatic rings. The molecule has 0 spiro atoms. The van der Waals surface area contributed by atoms with Crippen molar-refractivity contribution in [2.45, 2.75) is 12.3 Å². The molecule has 0 fully saturated rings. The highest BCUT2D eigenvalue weighted by Crippen LogP contribution is 2.34. The van der Waals surface area contributed by atoms with Gasteiger partial charge in [0.1, 0.15) is 0 Å². The highest BCUT2D eigenvalue weighted by atomic mass is 16.5. The first-order chi connectivity index (χ1) is 11.6. The number of fused-ring (bicyclic) bond motifs is 1. The van der Waals surface area contributed by atoms with Crippen LogP contribution in [0.5, 0.6) is 0 Å². The summed E-state index contributed by atoms with van der Waals surface area (Å²) in [4.78, 5) is 23.8. The molecule has 2 aromatic carbocycles. The molecular weight excluding hydrogens is 302 g/mol. The van der Waals surface area contributed by atoms with Gasteiger partial charge in [0.05, 0.1) is 7.11 Å². The summed E-state index contributed by atoms with van der Waals surface area (Å²) in [5.74, 6) is -1.50. The number of esters is 1. The third-order valence-electron chi connectivity index (χ3n) is 4.31. The number of hydrogen-bond acceptors (Lipinski definition) is 3. The number of benzene rings is 2. The third-order valence-corrected chi connectivity index (χ3v) is 4.31. The summed E-state index contributed by atoms with van der Waals surface area (Å²) >= 11 is 0. The predicted molar refractivity (Wildman–Crippen MR) is 92.8 cm³/mol. The van der Waals surface area contributed by atoms with Crippen LogP contribution in [0.25, 0.3) is 10.9 Å². The van der Waals surface area contributed by atoms with Crippen molar-refractivity contribution in [2.24, 2.45) is 7.05 Å². The molecule has 0 aliphatic carbocycles. The summed E-state index contributed by atoms with van der Waals surface area (Å²) in [6.07, 6.45) is 2.12. The number of ether oxygens (including phenoxy) is 1. The Kier molecular flexibility index (Phi) is 4.47. The molecule has 3 rings (SSSR count). The first-order valence-corrected chi connectivity index (χ1v) is 7.82. The Morgan fingerprint density at radius 1 is 1.04 bits per heavy atom. The summed E-state index contributed by atoms with van der Waals surface area (Å²) in [5.41, 5.74) is 3.14. The van der Waals surface area contributed by atoms with E-state index in [9.17, 15) is 9.59 Å². The summed E-state index contributed by atoms with van der Waals surface area (Å²) in [6.45, 7) is 0. The lowest BCUT2D eigenvalue weighted by Crippen LogP contribution is -2.19. The zero-order valence-corrected chi connectivity index (χ0v) is 13.7. The van der Waals surface area contributed by atoms with Crippen LogP contribution in [0.1, 0.15) is 23.5 Å². The van der Waals surface area contributed by atoms with Gasteiger partial charge in [-0.2, -0.15) is 0 Å². The molecule has 4 nitrogen and oxygen atoms in total. The zero-order valence-electron chi connectivity index (χ0n) is 13.7. The minimum Gasteiger partial charge on any atom is -0.463 e. The van der Waals surface area contributed by atoms with Gasteiger partial charge < -0.3 is 9.30 Å². The molecule has 0 radical (unpaired) electrons. The Morgan fingerprint density at radius 3 is 2.42 bits per heavy atom. The van der Waals surface area contributed by atoms with Gasteiger partial charge in [-0.05, 0) is 17.2 Å². The Labute approximate surface area is 140 Å². The largest absolute Gasteiger partial charge is 0.463 e. The number of para-hydroxylation sites is 1. The molecular formula is C20H19NO3. The summed E-state index contributed by atoms with van der Waals surface area (Å²) in [6, 6.07) is 17.8. The number of rotatable bonds is 5.